The number of halogens is 2. The van der Waals surface area contributed by atoms with Gasteiger partial charge in [0.15, 0.2) is 0 Å². The van der Waals surface area contributed by atoms with E-state index in [0.29, 0.717) is 11.3 Å². The molecule has 7 heteroatoms. The normalized spacial score (nSPS) is 12.2. The van der Waals surface area contributed by atoms with E-state index in [1.54, 1.807) is 24.3 Å². The molecule has 0 spiro atoms. The molecule has 0 heterocycles. The smallest absolute Gasteiger partial charge is 0.326 e. The van der Waals surface area contributed by atoms with Crippen LogP contribution < -0.4 is 10.1 Å². The summed E-state index contributed by atoms with van der Waals surface area (Å²) in [6.07, 6.45) is -3.85. The number of rotatable bonds is 7. The van der Waals surface area contributed by atoms with Gasteiger partial charge in [-0.2, -0.15) is 0 Å². The highest BCUT2D eigenvalue weighted by atomic mass is 19.3. The Labute approximate surface area is 137 Å². The average molecular weight is 337 g/mol. The number of hydrogen-bond acceptors (Lipinski definition) is 3. The summed E-state index contributed by atoms with van der Waals surface area (Å²) in [4.78, 5) is 23.0. The van der Waals surface area contributed by atoms with E-state index in [1.807, 2.05) is 12.1 Å². The number of benzene rings is 2. The second-order valence-corrected chi connectivity index (χ2v) is 5.27. The zero-order chi connectivity index (χ0) is 17.7. The molecule has 0 radical (unpaired) electrons. The van der Waals surface area contributed by atoms with Crippen molar-refractivity contribution in [2.45, 2.75) is 25.3 Å². The van der Waals surface area contributed by atoms with E-state index >= 15 is 0 Å². The molecule has 0 saturated heterocycles. The molecule has 0 aliphatic rings. The molecule has 2 N–H and O–H groups in total. The van der Waals surface area contributed by atoms with Gasteiger partial charge in [0.2, 0.25) is 12.3 Å². The van der Waals surface area contributed by atoms with Gasteiger partial charge in [-0.25, -0.2) is 13.6 Å². The fourth-order valence-electron chi connectivity index (χ4n) is 2.42. The van der Waals surface area contributed by atoms with Crippen molar-refractivity contribution in [1.82, 2.24) is 5.32 Å². The number of methoxy groups -OCH3 is 1. The van der Waals surface area contributed by atoms with Crippen LogP contribution in [0.1, 0.15) is 12.0 Å². The predicted molar refractivity (Wildman–Crippen MR) is 84.4 cm³/mol. The molecule has 0 fully saturated rings. The lowest BCUT2D eigenvalue weighted by molar-refractivity contribution is -0.142. The second kappa shape index (κ2) is 7.72. The molecular formula is C17H17F2NO4. The maximum absolute atomic E-state index is 12.4. The fourth-order valence-corrected chi connectivity index (χ4v) is 2.42. The standard InChI is InChI=1S/C17H17F2NO4/c1-24-12-6-5-10-3-2-4-11(13(10)8-12)7-16(21)20-14(17(22)23)9-15(18)19/h2-6,8,14-15H,7,9H2,1H3,(H,20,21)(H,22,23). The molecule has 0 bridgehead atoms. The summed E-state index contributed by atoms with van der Waals surface area (Å²) in [6, 6.07) is 9.15. The van der Waals surface area contributed by atoms with Crippen molar-refractivity contribution in [3.63, 3.8) is 0 Å². The van der Waals surface area contributed by atoms with Gasteiger partial charge < -0.3 is 15.2 Å². The van der Waals surface area contributed by atoms with E-state index in [-0.39, 0.29) is 6.42 Å². The Morgan fingerprint density at radius 1 is 1.25 bits per heavy atom. The van der Waals surface area contributed by atoms with E-state index in [2.05, 4.69) is 5.32 Å². The van der Waals surface area contributed by atoms with Gasteiger partial charge in [-0.3, -0.25) is 4.79 Å². The first-order valence-electron chi connectivity index (χ1n) is 7.26. The van der Waals surface area contributed by atoms with Crippen molar-refractivity contribution < 1.29 is 28.2 Å². The number of aliphatic carboxylic acids is 1. The van der Waals surface area contributed by atoms with Crippen LogP contribution in [-0.4, -0.2) is 36.6 Å². The summed E-state index contributed by atoms with van der Waals surface area (Å²) in [5.41, 5.74) is 0.657. The van der Waals surface area contributed by atoms with Gasteiger partial charge in [0, 0.05) is 6.42 Å². The molecule has 2 rings (SSSR count). The Morgan fingerprint density at radius 2 is 2.00 bits per heavy atom. The van der Waals surface area contributed by atoms with Gasteiger partial charge in [0.25, 0.3) is 0 Å². The summed E-state index contributed by atoms with van der Waals surface area (Å²) in [6.45, 7) is 0. The summed E-state index contributed by atoms with van der Waals surface area (Å²) in [5.74, 6) is -1.49. The maximum atomic E-state index is 12.4. The lowest BCUT2D eigenvalue weighted by Gasteiger charge is -2.14. The number of ether oxygens (including phenoxy) is 1. The highest BCUT2D eigenvalue weighted by Crippen LogP contribution is 2.24. The number of alkyl halides is 2. The van der Waals surface area contributed by atoms with Crippen LogP contribution in [0.3, 0.4) is 0 Å². The summed E-state index contributed by atoms with van der Waals surface area (Å²) < 4.78 is 29.9. The number of amides is 1. The van der Waals surface area contributed by atoms with E-state index in [1.165, 1.54) is 7.11 Å². The predicted octanol–water partition coefficient (Wildman–Crippen LogP) is 2.62. The van der Waals surface area contributed by atoms with Gasteiger partial charge >= 0.3 is 5.97 Å². The van der Waals surface area contributed by atoms with E-state index in [9.17, 15) is 18.4 Å². The second-order valence-electron chi connectivity index (χ2n) is 5.27. The highest BCUT2D eigenvalue weighted by molar-refractivity contribution is 5.92. The molecule has 2 aromatic carbocycles. The number of carboxylic acid groups (broad SMARTS) is 1. The molecular weight excluding hydrogens is 320 g/mol. The first-order chi connectivity index (χ1) is 11.4. The zero-order valence-corrected chi connectivity index (χ0v) is 13.0. The largest absolute Gasteiger partial charge is 0.497 e. The highest BCUT2D eigenvalue weighted by Gasteiger charge is 2.24. The molecule has 5 nitrogen and oxygen atoms in total. The van der Waals surface area contributed by atoms with Crippen LogP contribution in [0, 0.1) is 0 Å². The minimum absolute atomic E-state index is 0.114. The van der Waals surface area contributed by atoms with Crippen molar-refractivity contribution in [3.8, 4) is 5.75 Å². The molecule has 24 heavy (non-hydrogen) atoms. The van der Waals surface area contributed by atoms with Crippen LogP contribution in [-0.2, 0) is 16.0 Å². The molecule has 1 amide bonds. The van der Waals surface area contributed by atoms with Crippen LogP contribution >= 0.6 is 0 Å². The summed E-state index contributed by atoms with van der Waals surface area (Å²) >= 11 is 0. The third kappa shape index (κ3) is 4.41. The summed E-state index contributed by atoms with van der Waals surface area (Å²) in [5, 5.41) is 12.7. The van der Waals surface area contributed by atoms with E-state index < -0.39 is 30.8 Å². The lowest BCUT2D eigenvalue weighted by Crippen LogP contribution is -2.42. The van der Waals surface area contributed by atoms with Gasteiger partial charge in [-0.05, 0) is 28.5 Å². The van der Waals surface area contributed by atoms with Gasteiger partial charge in [-0.15, -0.1) is 0 Å². The maximum Gasteiger partial charge on any atom is 0.326 e. The van der Waals surface area contributed by atoms with Crippen LogP contribution in [0.2, 0.25) is 0 Å². The molecule has 0 aliphatic heterocycles. The SMILES string of the molecule is COc1ccc2cccc(CC(=O)NC(CC(F)F)C(=O)O)c2c1. The van der Waals surface area contributed by atoms with Crippen LogP contribution in [0.4, 0.5) is 8.78 Å². The average Bonchev–Trinajstić information content (AvgIpc) is 2.53. The third-order valence-electron chi connectivity index (χ3n) is 3.58. The lowest BCUT2D eigenvalue weighted by atomic mass is 10.0. The van der Waals surface area contributed by atoms with Crippen LogP contribution in [0.15, 0.2) is 36.4 Å². The molecule has 2 aromatic rings. The van der Waals surface area contributed by atoms with Gasteiger partial charge in [0.05, 0.1) is 13.5 Å². The molecule has 0 saturated carbocycles. The van der Waals surface area contributed by atoms with Crippen LogP contribution in [0.25, 0.3) is 10.8 Å². The fraction of sp³-hybridized carbons (Fsp3) is 0.294. The van der Waals surface area contributed by atoms with Crippen LogP contribution in [0.5, 0.6) is 5.75 Å². The van der Waals surface area contributed by atoms with Crippen molar-refractivity contribution >= 4 is 22.6 Å². The molecule has 1 unspecified atom stereocenters. The third-order valence-corrected chi connectivity index (χ3v) is 3.58. The van der Waals surface area contributed by atoms with Crippen molar-refractivity contribution in [3.05, 3.63) is 42.0 Å². The zero-order valence-electron chi connectivity index (χ0n) is 13.0. The number of fused-ring (bicyclic) bond motifs is 1. The van der Waals surface area contributed by atoms with Crippen molar-refractivity contribution in [1.29, 1.82) is 0 Å². The molecule has 1 atom stereocenters. The van der Waals surface area contributed by atoms with Crippen molar-refractivity contribution in [2.75, 3.05) is 7.11 Å². The summed E-state index contributed by atoms with van der Waals surface area (Å²) in [7, 11) is 1.53. The monoisotopic (exact) mass is 337 g/mol. The number of hydrogen-bond donors (Lipinski definition) is 2. The minimum Gasteiger partial charge on any atom is -0.497 e. The Hall–Kier alpha value is -2.70. The number of carboxylic acids is 1. The Kier molecular flexibility index (Phi) is 5.68. The van der Waals surface area contributed by atoms with E-state index in [0.717, 1.165) is 10.8 Å². The quantitative estimate of drug-likeness (QED) is 0.814. The Morgan fingerprint density at radius 3 is 2.62 bits per heavy atom. The molecule has 128 valence electrons. The topological polar surface area (TPSA) is 75.6 Å². The van der Waals surface area contributed by atoms with Crippen molar-refractivity contribution in [2.24, 2.45) is 0 Å². The number of carbonyl (C=O) groups excluding carboxylic acids is 1. The van der Waals surface area contributed by atoms with E-state index in [4.69, 9.17) is 9.84 Å². The number of carbonyl (C=O) groups is 2. The Balaban J connectivity index is 2.19. The minimum atomic E-state index is -2.81. The Bertz CT molecular complexity index is 748. The van der Waals surface area contributed by atoms with Gasteiger partial charge in [0.1, 0.15) is 11.8 Å². The first kappa shape index (κ1) is 17.7. The number of nitrogens with one attached hydrogen (secondary N) is 1. The first-order valence-corrected chi connectivity index (χ1v) is 7.26. The van der Waals surface area contributed by atoms with Gasteiger partial charge in [-0.1, -0.05) is 24.3 Å². The molecule has 0 aliphatic carbocycles. The molecule has 0 aromatic heterocycles.